The molecule has 46 heavy (non-hydrogen) atoms. The minimum Gasteiger partial charge on any atom is -0.486 e. The molecule has 1 radical (unpaired) electrons. The van der Waals surface area contributed by atoms with Gasteiger partial charge in [0.05, 0.1) is 28.6 Å². The second-order valence-corrected chi connectivity index (χ2v) is 11.9. The van der Waals surface area contributed by atoms with Crippen LogP contribution in [0.4, 0.5) is 0 Å². The summed E-state index contributed by atoms with van der Waals surface area (Å²) in [4.78, 5) is 18.6. The van der Waals surface area contributed by atoms with Gasteiger partial charge in [0, 0.05) is 54.8 Å². The molecule has 6 nitrogen and oxygen atoms in total. The maximum Gasteiger partial charge on any atom is 0.216 e. The Morgan fingerprint density at radius 2 is 1.57 bits per heavy atom. The molecule has 0 saturated heterocycles. The van der Waals surface area contributed by atoms with E-state index in [0.29, 0.717) is 5.71 Å². The monoisotopic (exact) mass is 778 g/mol. The Morgan fingerprint density at radius 1 is 0.761 bits per heavy atom. The number of pyridine rings is 3. The topological polar surface area (TPSA) is 69.6 Å². The number of aromatic nitrogens is 5. The summed E-state index contributed by atoms with van der Waals surface area (Å²) in [6.07, 6.45) is 5.60. The van der Waals surface area contributed by atoms with Crippen molar-refractivity contribution in [3.05, 3.63) is 139 Å². The molecule has 0 bridgehead atoms. The van der Waals surface area contributed by atoms with Crippen LogP contribution in [0, 0.1) is 19.1 Å². The molecule has 0 saturated carbocycles. The van der Waals surface area contributed by atoms with Crippen molar-refractivity contribution in [2.24, 2.45) is 0 Å². The molecule has 7 heteroatoms. The summed E-state index contributed by atoms with van der Waals surface area (Å²) in [7, 11) is 0. The molecule has 0 amide bonds. The minimum absolute atomic E-state index is 0. The van der Waals surface area contributed by atoms with E-state index in [4.69, 9.17) is 9.40 Å². The number of fused-ring (bicyclic) bond motifs is 4. The third-order valence-electron chi connectivity index (χ3n) is 7.70. The van der Waals surface area contributed by atoms with Crippen LogP contribution in [0.5, 0.6) is 0 Å². The van der Waals surface area contributed by atoms with Crippen molar-refractivity contribution in [3.63, 3.8) is 0 Å². The summed E-state index contributed by atoms with van der Waals surface area (Å²) in [6.45, 7) is 8.52. The van der Waals surface area contributed by atoms with Gasteiger partial charge in [-0.15, -0.1) is 54.1 Å². The van der Waals surface area contributed by atoms with Crippen LogP contribution in [0.15, 0.2) is 120 Å². The summed E-state index contributed by atoms with van der Waals surface area (Å²) in [5.41, 5.74) is 9.02. The van der Waals surface area contributed by atoms with Gasteiger partial charge in [-0.2, -0.15) is 0 Å². The third kappa shape index (κ3) is 5.87. The first kappa shape index (κ1) is 31.0. The van der Waals surface area contributed by atoms with Crippen molar-refractivity contribution in [1.29, 1.82) is 0 Å². The van der Waals surface area contributed by atoms with Gasteiger partial charge < -0.3 is 14.0 Å². The van der Waals surface area contributed by atoms with Crippen molar-refractivity contribution in [2.75, 3.05) is 0 Å². The first-order valence-electron chi connectivity index (χ1n) is 14.9. The van der Waals surface area contributed by atoms with Crippen LogP contribution in [0.25, 0.3) is 61.4 Å². The van der Waals surface area contributed by atoms with E-state index in [-0.39, 0.29) is 25.5 Å². The number of furan rings is 1. The Morgan fingerprint density at radius 3 is 2.30 bits per heavy atom. The maximum atomic E-state index is 6.29. The molecule has 0 N–H and O–H groups in total. The van der Waals surface area contributed by atoms with Crippen LogP contribution in [0.3, 0.4) is 0 Å². The van der Waals surface area contributed by atoms with E-state index >= 15 is 0 Å². The number of imidazole rings is 1. The standard InChI is InChI=1S/C28H23N4O.C11H8N.Ir/c1-17-13-14-20-19-11-8-12-21(25(19)33-27(20)30-17)26-31-24-22(28(2,3)4)15-29-16-23(24)32(26)18-9-6-5-7-10-18;1-2-6-10(7-3-1)11-8-4-5-9-12-11;/h5-11,13-16H,1-4H3;1-6,8-9H;/q2*-1;. The number of nitrogens with zero attached hydrogens (tertiary/aromatic N) is 5. The third-order valence-corrected chi connectivity index (χ3v) is 7.70. The molecule has 0 atom stereocenters. The van der Waals surface area contributed by atoms with Crippen LogP contribution in [-0.2, 0) is 25.5 Å². The van der Waals surface area contributed by atoms with E-state index in [9.17, 15) is 0 Å². The fourth-order valence-corrected chi connectivity index (χ4v) is 5.50. The van der Waals surface area contributed by atoms with Gasteiger partial charge in [-0.25, -0.2) is 4.98 Å². The summed E-state index contributed by atoms with van der Waals surface area (Å²) < 4.78 is 8.44. The Hall–Kier alpha value is -4.97. The van der Waals surface area contributed by atoms with Gasteiger partial charge in [0.2, 0.25) is 5.71 Å². The zero-order chi connectivity index (χ0) is 31.0. The smallest absolute Gasteiger partial charge is 0.216 e. The Balaban J connectivity index is 0.000000241. The van der Waals surface area contributed by atoms with Crippen LogP contribution in [0.1, 0.15) is 32.0 Å². The Bertz CT molecular complexity index is 2220. The molecule has 8 rings (SSSR count). The van der Waals surface area contributed by atoms with Gasteiger partial charge >= 0.3 is 0 Å². The summed E-state index contributed by atoms with van der Waals surface area (Å²) >= 11 is 0. The molecule has 0 aliphatic heterocycles. The molecule has 0 unspecified atom stereocenters. The summed E-state index contributed by atoms with van der Waals surface area (Å²) in [5.74, 6) is 0.774. The minimum atomic E-state index is -0.101. The first-order valence-corrected chi connectivity index (χ1v) is 14.9. The van der Waals surface area contributed by atoms with E-state index in [1.54, 1.807) is 6.20 Å². The van der Waals surface area contributed by atoms with Gasteiger partial charge in [0.15, 0.2) is 0 Å². The molecule has 0 spiro atoms. The van der Waals surface area contributed by atoms with E-state index in [1.165, 1.54) is 0 Å². The second kappa shape index (κ2) is 12.8. The average Bonchev–Trinajstić information content (AvgIpc) is 3.64. The van der Waals surface area contributed by atoms with Crippen molar-refractivity contribution in [3.8, 4) is 28.3 Å². The van der Waals surface area contributed by atoms with Gasteiger partial charge in [0.25, 0.3) is 0 Å². The molecule has 0 fully saturated rings. The maximum absolute atomic E-state index is 6.29. The Kier molecular flexibility index (Phi) is 8.63. The molecule has 5 heterocycles. The SMILES string of the molecule is Cc1ccc2c(n1)oc1c(-c3nc4c(C(C)(C)C)cncc4n3-c3ccccc3)[c-]ccc12.[Ir].[c-]1ccccc1-c1ccccn1. The molecular weight excluding hydrogens is 747 g/mol. The first-order chi connectivity index (χ1) is 21.9. The number of para-hydroxylation sites is 1. The van der Waals surface area contributed by atoms with Gasteiger partial charge in [-0.3, -0.25) is 9.97 Å². The fourth-order valence-electron chi connectivity index (χ4n) is 5.50. The van der Waals surface area contributed by atoms with Crippen LogP contribution < -0.4 is 0 Å². The van der Waals surface area contributed by atoms with Crippen molar-refractivity contribution in [1.82, 2.24) is 24.5 Å². The molecule has 5 aromatic heterocycles. The molecule has 0 aliphatic rings. The van der Waals surface area contributed by atoms with Crippen LogP contribution >= 0.6 is 0 Å². The zero-order valence-corrected chi connectivity index (χ0v) is 28.3. The van der Waals surface area contributed by atoms with E-state index in [0.717, 1.165) is 67.0 Å². The number of aryl methyl sites for hydroxylation is 1. The number of rotatable bonds is 3. The predicted molar refractivity (Wildman–Crippen MR) is 180 cm³/mol. The molecule has 3 aromatic carbocycles. The fraction of sp³-hybridized carbons (Fsp3) is 0.128. The van der Waals surface area contributed by atoms with Gasteiger partial charge in [-0.1, -0.05) is 62.1 Å². The van der Waals surface area contributed by atoms with Crippen molar-refractivity contribution < 1.29 is 24.5 Å². The quantitative estimate of drug-likeness (QED) is 0.167. The molecule has 229 valence electrons. The number of benzene rings is 3. The molecule has 0 aliphatic carbocycles. The zero-order valence-electron chi connectivity index (χ0n) is 25.9. The van der Waals surface area contributed by atoms with Crippen LogP contribution in [-0.4, -0.2) is 24.5 Å². The summed E-state index contributed by atoms with van der Waals surface area (Å²) in [5, 5.41) is 2.00. The normalized spacial score (nSPS) is 11.3. The molecule has 8 aromatic rings. The van der Waals surface area contributed by atoms with Gasteiger partial charge in [-0.05, 0) is 48.4 Å². The second-order valence-electron chi connectivity index (χ2n) is 11.9. The largest absolute Gasteiger partial charge is 0.486 e. The van der Waals surface area contributed by atoms with Crippen LogP contribution in [0.2, 0.25) is 0 Å². The number of hydrogen-bond acceptors (Lipinski definition) is 5. The molecular formula is C39H31IrN5O-2. The Labute approximate surface area is 281 Å². The van der Waals surface area contributed by atoms with Crippen molar-refractivity contribution in [2.45, 2.75) is 33.1 Å². The van der Waals surface area contributed by atoms with Crippen molar-refractivity contribution >= 4 is 33.1 Å². The van der Waals surface area contributed by atoms with E-state index < -0.39 is 0 Å². The summed E-state index contributed by atoms with van der Waals surface area (Å²) in [6, 6.07) is 38.5. The number of hydrogen-bond donors (Lipinski definition) is 0. The van der Waals surface area contributed by atoms with E-state index in [2.05, 4.69) is 70.6 Å². The average molecular weight is 778 g/mol. The van der Waals surface area contributed by atoms with E-state index in [1.807, 2.05) is 98.2 Å². The van der Waals surface area contributed by atoms with Gasteiger partial charge in [0.1, 0.15) is 0 Å². The predicted octanol–water partition coefficient (Wildman–Crippen LogP) is 9.33.